The molecule has 0 aromatic heterocycles. The summed E-state index contributed by atoms with van der Waals surface area (Å²) < 4.78 is 13.8. The summed E-state index contributed by atoms with van der Waals surface area (Å²) in [4.78, 5) is 0. The van der Waals surface area contributed by atoms with E-state index in [0.29, 0.717) is 0 Å². The topological polar surface area (TPSA) is 13.0 Å². The van der Waals surface area contributed by atoms with Crippen molar-refractivity contribution in [1.82, 2.24) is 15.6 Å². The van der Waals surface area contributed by atoms with Gasteiger partial charge >= 0.3 is 0 Å². The molecule has 0 radical (unpaired) electrons. The number of rotatable bonds is 17. The normalized spacial score (nSPS) is 18.3. The van der Waals surface area contributed by atoms with Gasteiger partial charge in [0.1, 0.15) is 65.9 Å². The summed E-state index contributed by atoms with van der Waals surface area (Å²) in [5.74, 6) is 0. The van der Waals surface area contributed by atoms with Gasteiger partial charge in [0.05, 0.1) is 36.8 Å². The average Bonchev–Trinajstić information content (AvgIpc) is 2.60. The summed E-state index contributed by atoms with van der Waals surface area (Å²) in [6, 6.07) is 0. The molecule has 0 heterocycles. The van der Waals surface area contributed by atoms with E-state index in [1.54, 1.807) is 0 Å². The highest BCUT2D eigenvalue weighted by Gasteiger charge is 2.47. The van der Waals surface area contributed by atoms with E-state index >= 15 is 0 Å². The molecule has 0 aliphatic carbocycles. The zero-order valence-corrected chi connectivity index (χ0v) is 49.7. The second-order valence-electron chi connectivity index (χ2n) is 21.3. The fourth-order valence-electron chi connectivity index (χ4n) is 7.87. The highest BCUT2D eigenvalue weighted by atomic mass is 30.1. The summed E-state index contributed by atoms with van der Waals surface area (Å²) in [7, 11) is -12.6. The molecular formula is C24H82N4Si14. The van der Waals surface area contributed by atoms with Gasteiger partial charge in [0.25, 0.3) is 0 Å². The van der Waals surface area contributed by atoms with E-state index in [4.69, 9.17) is 0 Å². The standard InChI is InChI=1S/C24H82N4Si14/c1-35(2,3)25(36(4,5)6)29-33(30-26(37(7,8)9)38(10,11)12)34(31-27(39(13,14)15)40(16,17)18)32-28(41(19,20)21)42(22,23)24/h33-34H,29-32H2,1-24H3. The van der Waals surface area contributed by atoms with Gasteiger partial charge in [0.2, 0.25) is 0 Å². The number of hydrogen-bond donors (Lipinski definition) is 0. The van der Waals surface area contributed by atoms with Crippen molar-refractivity contribution in [3.63, 3.8) is 0 Å². The van der Waals surface area contributed by atoms with Crippen molar-refractivity contribution in [2.24, 2.45) is 0 Å². The lowest BCUT2D eigenvalue weighted by Crippen LogP contribution is -2.78. The average molecular weight is 820 g/mol. The van der Waals surface area contributed by atoms with Gasteiger partial charge in [-0.2, -0.15) is 0 Å². The van der Waals surface area contributed by atoms with Crippen LogP contribution in [0.1, 0.15) is 0 Å². The Hall–Kier alpha value is 2.88. The Balaban J connectivity index is 7.57. The van der Waals surface area contributed by atoms with Crippen molar-refractivity contribution in [2.75, 3.05) is 0 Å². The lowest BCUT2D eigenvalue weighted by Gasteiger charge is -2.53. The molecule has 0 N–H and O–H groups in total. The van der Waals surface area contributed by atoms with Gasteiger partial charge in [-0.3, -0.25) is 0 Å². The molecule has 42 heavy (non-hydrogen) atoms. The van der Waals surface area contributed by atoms with Gasteiger partial charge in [-0.1, -0.05) is 157 Å². The Labute approximate surface area is 287 Å². The van der Waals surface area contributed by atoms with E-state index in [9.17, 15) is 0 Å². The quantitative estimate of drug-likeness (QED) is 0.197. The third-order valence-electron chi connectivity index (χ3n) is 8.81. The third-order valence-corrected chi connectivity index (χ3v) is 157. The van der Waals surface area contributed by atoms with Crippen LogP contribution in [0.15, 0.2) is 0 Å². The van der Waals surface area contributed by atoms with Gasteiger partial charge in [-0.05, 0) is 0 Å². The lowest BCUT2D eigenvalue weighted by atomic mass is 11.8. The van der Waals surface area contributed by atoms with Crippen LogP contribution < -0.4 is 0 Å². The van der Waals surface area contributed by atoms with Crippen molar-refractivity contribution in [2.45, 2.75) is 157 Å². The predicted molar refractivity (Wildman–Crippen MR) is 243 cm³/mol. The first-order valence-corrected chi connectivity index (χ1v) is 62.9. The Morgan fingerprint density at radius 3 is 0.405 bits per heavy atom. The van der Waals surface area contributed by atoms with E-state index in [1.807, 2.05) is 0 Å². The van der Waals surface area contributed by atoms with Crippen LogP contribution in [0.25, 0.3) is 0 Å². The van der Waals surface area contributed by atoms with Crippen molar-refractivity contribution < 1.29 is 0 Å². The van der Waals surface area contributed by atoms with Crippen LogP contribution in [0, 0.1) is 0 Å². The molecule has 0 amide bonds. The molecule has 0 saturated heterocycles. The fourth-order valence-corrected chi connectivity index (χ4v) is 223. The maximum Gasteiger partial charge on any atom is 0.105 e. The van der Waals surface area contributed by atoms with Crippen LogP contribution in [0.3, 0.4) is 0 Å². The summed E-state index contributed by atoms with van der Waals surface area (Å²) in [5.41, 5.74) is 0. The zero-order valence-electron chi connectivity index (χ0n) is 33.8. The van der Waals surface area contributed by atoms with E-state index in [1.165, 1.54) is 0 Å². The molecule has 254 valence electrons. The monoisotopic (exact) mass is 818 g/mol. The highest BCUT2D eigenvalue weighted by Crippen LogP contribution is 2.26. The van der Waals surface area contributed by atoms with Gasteiger partial charge in [0, 0.05) is 14.7 Å². The van der Waals surface area contributed by atoms with E-state index in [0.717, 1.165) is 0 Å². The SMILES string of the molecule is C[Si](C)(C)N([SiH2][SiH]([SiH2]N([Si](C)(C)C)[Si](C)(C)C)[SiH]([SiH2]N([Si](C)(C)C)[Si](C)(C)C)[SiH2]N([Si](C)(C)C)[Si](C)(C)C)[Si](C)(C)C. The molecule has 0 rings (SSSR count). The molecule has 0 aliphatic heterocycles. The van der Waals surface area contributed by atoms with Crippen LogP contribution in [0.5, 0.6) is 0 Å². The second kappa shape index (κ2) is 15.2. The molecule has 4 nitrogen and oxygen atoms in total. The largest absolute Gasteiger partial charge is 0.376 e. The Morgan fingerprint density at radius 1 is 0.238 bits per heavy atom. The van der Waals surface area contributed by atoms with Gasteiger partial charge in [-0.15, -0.1) is 0 Å². The second-order valence-corrected chi connectivity index (χ2v) is 115. The van der Waals surface area contributed by atoms with Crippen LogP contribution in [0.2, 0.25) is 157 Å². The lowest BCUT2D eigenvalue weighted by molar-refractivity contribution is 0.955. The van der Waals surface area contributed by atoms with E-state index in [-0.39, 0.29) is 36.8 Å². The van der Waals surface area contributed by atoms with Crippen LogP contribution in [-0.2, 0) is 0 Å². The minimum absolute atomic E-state index is 0.137. The molecule has 18 heteroatoms. The molecule has 0 bridgehead atoms. The van der Waals surface area contributed by atoms with Crippen LogP contribution in [-0.4, -0.2) is 133 Å². The molecule has 0 aromatic carbocycles. The Bertz CT molecular complexity index is 643. The number of nitrogens with zero attached hydrogens (tertiary/aromatic N) is 4. The minimum Gasteiger partial charge on any atom is -0.376 e. The van der Waals surface area contributed by atoms with Gasteiger partial charge in [0.15, 0.2) is 0 Å². The van der Waals surface area contributed by atoms with E-state index < -0.39 is 80.6 Å². The molecule has 0 aliphatic rings. The van der Waals surface area contributed by atoms with Crippen molar-refractivity contribution in [3.8, 4) is 0 Å². The Morgan fingerprint density at radius 2 is 0.333 bits per heavy atom. The number of hydrogen-bond acceptors (Lipinski definition) is 4. The zero-order chi connectivity index (χ0) is 34.3. The van der Waals surface area contributed by atoms with Gasteiger partial charge in [-0.25, -0.2) is 0 Å². The smallest absolute Gasteiger partial charge is 0.105 e. The predicted octanol–water partition coefficient (Wildman–Crippen LogP) is 4.73. The van der Waals surface area contributed by atoms with E-state index in [2.05, 4.69) is 173 Å². The molecule has 0 aromatic rings. The molecule has 0 spiro atoms. The third kappa shape index (κ3) is 15.0. The molecule has 0 saturated carbocycles. The van der Waals surface area contributed by atoms with Crippen LogP contribution in [0.4, 0.5) is 0 Å². The molecule has 0 fully saturated rings. The molecule has 0 atom stereocenters. The summed E-state index contributed by atoms with van der Waals surface area (Å²) in [5, 5.41) is 0. The first kappa shape index (κ1) is 44.9. The first-order chi connectivity index (χ1) is 17.9. The maximum atomic E-state index is 3.46. The highest BCUT2D eigenvalue weighted by molar-refractivity contribution is 7.84. The summed E-state index contributed by atoms with van der Waals surface area (Å²) in [6.07, 6.45) is 0. The van der Waals surface area contributed by atoms with Crippen molar-refractivity contribution in [3.05, 3.63) is 0 Å². The maximum absolute atomic E-state index is 3.46. The minimum atomic E-state index is -1.32. The molecular weight excluding hydrogens is 737 g/mol. The Kier molecular flexibility index (Phi) is 16.2. The first-order valence-electron chi connectivity index (χ1n) is 17.0. The fraction of sp³-hybridized carbons (Fsp3) is 1.00. The van der Waals surface area contributed by atoms with Gasteiger partial charge < -0.3 is 15.6 Å². The van der Waals surface area contributed by atoms with Crippen molar-refractivity contribution >= 4 is 117 Å². The summed E-state index contributed by atoms with van der Waals surface area (Å²) >= 11 is 0. The van der Waals surface area contributed by atoms with Crippen LogP contribution >= 0.6 is 0 Å². The summed E-state index contributed by atoms with van der Waals surface area (Å²) in [6.45, 7) is 65.6. The van der Waals surface area contributed by atoms with Crippen molar-refractivity contribution in [1.29, 1.82) is 0 Å². The molecule has 0 unspecified atom stereocenters.